The summed E-state index contributed by atoms with van der Waals surface area (Å²) in [5.74, 6) is -0.827. The molecule has 1 spiro atoms. The molecular weight excluding hydrogens is 400 g/mol. The normalized spacial score (nSPS) is 42.3. The third-order valence-electron chi connectivity index (χ3n) is 8.51. The van der Waals surface area contributed by atoms with Gasteiger partial charge in [0.05, 0.1) is 18.6 Å². The van der Waals surface area contributed by atoms with Crippen molar-refractivity contribution in [1.29, 1.82) is 0 Å². The van der Waals surface area contributed by atoms with Crippen LogP contribution in [0.2, 0.25) is 0 Å². The van der Waals surface area contributed by atoms with Crippen LogP contribution in [-0.2, 0) is 29.2 Å². The molecule has 31 heavy (non-hydrogen) atoms. The largest absolute Gasteiger partial charge is 0.508 e. The molecule has 4 bridgehead atoms. The summed E-state index contributed by atoms with van der Waals surface area (Å²) in [5, 5.41) is 13.7. The Morgan fingerprint density at radius 1 is 1.42 bits per heavy atom. The van der Waals surface area contributed by atoms with Gasteiger partial charge in [0.1, 0.15) is 24.0 Å². The van der Waals surface area contributed by atoms with Crippen molar-refractivity contribution >= 4 is 17.6 Å². The second-order valence-electron chi connectivity index (χ2n) is 9.36. The van der Waals surface area contributed by atoms with E-state index in [1.54, 1.807) is 12.1 Å². The molecule has 1 aromatic carbocycles. The number of carbonyl (C=O) groups excluding carboxylic acids is 2. The number of rotatable bonds is 3. The smallest absolute Gasteiger partial charge is 0.317 e. The molecule has 2 N–H and O–H groups in total. The van der Waals surface area contributed by atoms with Gasteiger partial charge in [0.25, 0.3) is 0 Å². The molecule has 3 unspecified atom stereocenters. The number of aromatic hydroxyl groups is 1. The fourth-order valence-electron chi connectivity index (χ4n) is 7.56. The standard InChI is InChI=1S/C23H26N2O6/c1-4-13-10-25-18-8-16(13)21(20(28)29-3,11-30-12(2)26)22-9-19(25)31-23(18,22)24-17-7-14(27)5-6-15(17)22/h4-7,16,18-19,24,27H,8-11H2,1-3H3/b13-4-/t16?,18-,19?,21?,22-,23-/m0/s1. The first-order chi connectivity index (χ1) is 14.8. The summed E-state index contributed by atoms with van der Waals surface area (Å²) in [6.07, 6.45) is 3.20. The number of nitrogens with one attached hydrogen (secondary N) is 1. The maximum atomic E-state index is 13.8. The molecule has 8 nitrogen and oxygen atoms in total. The highest BCUT2D eigenvalue weighted by molar-refractivity contribution is 5.86. The molecular formula is C23H26N2O6. The molecule has 6 rings (SSSR count). The van der Waals surface area contributed by atoms with Gasteiger partial charge < -0.3 is 24.6 Å². The SMILES string of the molecule is C/C=C1/CN2C3C[C@@]45c6ccc(O)cc6N[C@]4(O3)[C@@H]2CC1C5(COC(C)=O)C(=O)OC. The van der Waals surface area contributed by atoms with E-state index in [1.807, 2.05) is 13.0 Å². The zero-order valence-electron chi connectivity index (χ0n) is 17.8. The lowest BCUT2D eigenvalue weighted by atomic mass is 9.42. The van der Waals surface area contributed by atoms with E-state index in [-0.39, 0.29) is 36.5 Å². The van der Waals surface area contributed by atoms with Gasteiger partial charge in [-0.1, -0.05) is 17.7 Å². The predicted octanol–water partition coefficient (Wildman–Crippen LogP) is 1.88. The Hall–Kier alpha value is -2.58. The van der Waals surface area contributed by atoms with E-state index in [0.29, 0.717) is 19.4 Å². The van der Waals surface area contributed by atoms with Gasteiger partial charge in [-0.2, -0.15) is 0 Å². The van der Waals surface area contributed by atoms with E-state index in [9.17, 15) is 14.7 Å². The van der Waals surface area contributed by atoms with Crippen LogP contribution in [0.1, 0.15) is 32.3 Å². The molecule has 1 aliphatic carbocycles. The molecule has 1 aromatic rings. The summed E-state index contributed by atoms with van der Waals surface area (Å²) in [7, 11) is 1.39. The molecule has 4 fully saturated rings. The van der Waals surface area contributed by atoms with Crippen molar-refractivity contribution in [3.8, 4) is 5.75 Å². The van der Waals surface area contributed by atoms with Crippen LogP contribution in [-0.4, -0.2) is 60.2 Å². The molecule has 4 heterocycles. The maximum Gasteiger partial charge on any atom is 0.317 e. The molecule has 5 aliphatic rings. The summed E-state index contributed by atoms with van der Waals surface area (Å²) in [6, 6.07) is 5.27. The molecule has 0 amide bonds. The zero-order chi connectivity index (χ0) is 21.8. The molecule has 6 atom stereocenters. The number of esters is 2. The van der Waals surface area contributed by atoms with Crippen LogP contribution in [0.3, 0.4) is 0 Å². The number of hydrogen-bond acceptors (Lipinski definition) is 8. The summed E-state index contributed by atoms with van der Waals surface area (Å²) in [4.78, 5) is 28.2. The molecule has 8 heteroatoms. The molecule has 0 aromatic heterocycles. The summed E-state index contributed by atoms with van der Waals surface area (Å²) >= 11 is 0. The predicted molar refractivity (Wildman–Crippen MR) is 109 cm³/mol. The van der Waals surface area contributed by atoms with Crippen LogP contribution in [0.5, 0.6) is 5.75 Å². The van der Waals surface area contributed by atoms with Crippen LogP contribution in [0.4, 0.5) is 5.69 Å². The van der Waals surface area contributed by atoms with Crippen LogP contribution in [0.15, 0.2) is 29.8 Å². The molecule has 1 saturated carbocycles. The topological polar surface area (TPSA) is 97.3 Å². The fraction of sp³-hybridized carbons (Fsp3) is 0.565. The monoisotopic (exact) mass is 426 g/mol. The van der Waals surface area contributed by atoms with Crippen molar-refractivity contribution in [3.05, 3.63) is 35.4 Å². The van der Waals surface area contributed by atoms with Crippen LogP contribution >= 0.6 is 0 Å². The van der Waals surface area contributed by atoms with Crippen molar-refractivity contribution in [2.75, 3.05) is 25.6 Å². The lowest BCUT2D eigenvalue weighted by Gasteiger charge is -2.64. The minimum atomic E-state index is -1.15. The van der Waals surface area contributed by atoms with Crippen LogP contribution in [0, 0.1) is 11.3 Å². The number of nitrogens with zero attached hydrogens (tertiary/aromatic N) is 1. The molecule has 4 aliphatic heterocycles. The Balaban J connectivity index is 1.69. The second-order valence-corrected chi connectivity index (χ2v) is 9.36. The van der Waals surface area contributed by atoms with Crippen molar-refractivity contribution < 1.29 is 28.9 Å². The zero-order valence-corrected chi connectivity index (χ0v) is 17.8. The summed E-state index contributed by atoms with van der Waals surface area (Å²) in [5.41, 5.74) is 0.0158. The van der Waals surface area contributed by atoms with E-state index < -0.39 is 22.5 Å². The number of hydrogen-bond donors (Lipinski definition) is 2. The minimum Gasteiger partial charge on any atom is -0.508 e. The van der Waals surface area contributed by atoms with Gasteiger partial charge in [0.2, 0.25) is 0 Å². The number of anilines is 1. The van der Waals surface area contributed by atoms with E-state index in [0.717, 1.165) is 16.8 Å². The average molecular weight is 426 g/mol. The Labute approximate surface area is 180 Å². The van der Waals surface area contributed by atoms with Gasteiger partial charge >= 0.3 is 11.9 Å². The Morgan fingerprint density at radius 3 is 2.94 bits per heavy atom. The van der Waals surface area contributed by atoms with Gasteiger partial charge in [0.15, 0.2) is 5.72 Å². The summed E-state index contributed by atoms with van der Waals surface area (Å²) < 4.78 is 17.8. The lowest BCUT2D eigenvalue weighted by Crippen LogP contribution is -2.78. The third-order valence-corrected chi connectivity index (χ3v) is 8.51. The molecule has 0 radical (unpaired) electrons. The minimum absolute atomic E-state index is 0.0598. The van der Waals surface area contributed by atoms with Gasteiger partial charge in [-0.05, 0) is 25.0 Å². The van der Waals surface area contributed by atoms with Gasteiger partial charge in [-0.25, -0.2) is 0 Å². The van der Waals surface area contributed by atoms with E-state index in [4.69, 9.17) is 14.2 Å². The molecule has 3 saturated heterocycles. The van der Waals surface area contributed by atoms with Gasteiger partial charge in [-0.15, -0.1) is 0 Å². The second kappa shape index (κ2) is 5.81. The van der Waals surface area contributed by atoms with Crippen molar-refractivity contribution in [1.82, 2.24) is 4.90 Å². The quantitative estimate of drug-likeness (QED) is 0.559. The fourth-order valence-corrected chi connectivity index (χ4v) is 7.56. The highest BCUT2D eigenvalue weighted by Gasteiger charge is 2.87. The number of benzene rings is 1. The number of methoxy groups -OCH3 is 1. The number of phenols is 1. The van der Waals surface area contributed by atoms with Crippen molar-refractivity contribution in [2.45, 2.75) is 50.1 Å². The van der Waals surface area contributed by atoms with Gasteiger partial charge in [-0.3, -0.25) is 14.5 Å². The van der Waals surface area contributed by atoms with Gasteiger partial charge in [0, 0.05) is 37.6 Å². The average Bonchev–Trinajstić information content (AvgIpc) is 3.34. The van der Waals surface area contributed by atoms with Crippen LogP contribution in [0.25, 0.3) is 0 Å². The summed E-state index contributed by atoms with van der Waals surface area (Å²) in [6.45, 7) is 3.98. The first-order valence-corrected chi connectivity index (χ1v) is 10.8. The number of carbonyl (C=O) groups is 2. The molecule has 164 valence electrons. The van der Waals surface area contributed by atoms with E-state index in [1.165, 1.54) is 14.0 Å². The van der Waals surface area contributed by atoms with Crippen molar-refractivity contribution in [3.63, 3.8) is 0 Å². The van der Waals surface area contributed by atoms with Crippen LogP contribution < -0.4 is 5.32 Å². The number of ether oxygens (including phenoxy) is 3. The highest BCUT2D eigenvalue weighted by atomic mass is 16.6. The maximum absolute atomic E-state index is 13.8. The number of piperidine rings is 2. The third kappa shape index (κ3) is 1.87. The number of fused-ring (bicyclic) bond motifs is 4. The Kier molecular flexibility index (Phi) is 3.58. The Bertz CT molecular complexity index is 1050. The first-order valence-electron chi connectivity index (χ1n) is 10.8. The first kappa shape index (κ1) is 19.1. The van der Waals surface area contributed by atoms with E-state index in [2.05, 4.69) is 16.3 Å². The highest BCUT2D eigenvalue weighted by Crippen LogP contribution is 2.76. The van der Waals surface area contributed by atoms with E-state index >= 15 is 0 Å². The number of phenolic OH excluding ortho intramolecular Hbond substituents is 1. The van der Waals surface area contributed by atoms with Crippen molar-refractivity contribution in [2.24, 2.45) is 11.3 Å². The lowest BCUT2D eigenvalue weighted by molar-refractivity contribution is -0.196. The number of allylic oxidation sites excluding steroid dienone is 1. The Morgan fingerprint density at radius 2 is 2.23 bits per heavy atom.